The van der Waals surface area contributed by atoms with Crippen LogP contribution in [0, 0.1) is 0 Å². The van der Waals surface area contributed by atoms with E-state index in [1.165, 1.54) is 0 Å². The number of rotatable bonds is 8. The van der Waals surface area contributed by atoms with Crippen LogP contribution in [0.1, 0.15) is 43.2 Å². The molecule has 0 atom stereocenters. The zero-order valence-electron chi connectivity index (χ0n) is 20.7. The van der Waals surface area contributed by atoms with Gasteiger partial charge in [0.25, 0.3) is 5.56 Å². The minimum Gasteiger partial charge on any atom is -0.496 e. The molecule has 2 aromatic carbocycles. The summed E-state index contributed by atoms with van der Waals surface area (Å²) in [5.41, 5.74) is 4.65. The Bertz CT molecular complexity index is 1380. The number of hydrogen-bond donors (Lipinski definition) is 3. The molecule has 0 saturated heterocycles. The lowest BCUT2D eigenvalue weighted by Gasteiger charge is -2.24. The Balaban J connectivity index is 2.07. The number of methoxy groups -OCH3 is 1. The molecule has 0 spiro atoms. The number of H-pyrrole nitrogens is 1. The molecule has 186 valence electrons. The van der Waals surface area contributed by atoms with Crippen molar-refractivity contribution in [1.29, 1.82) is 0 Å². The van der Waals surface area contributed by atoms with Crippen molar-refractivity contribution in [2.45, 2.75) is 32.6 Å². The van der Waals surface area contributed by atoms with Gasteiger partial charge in [-0.1, -0.05) is 45.1 Å². The average Bonchev–Trinajstić information content (AvgIpc) is 2.76. The molecular formula is C27H32N2O5S. The molecule has 1 heterocycles. The summed E-state index contributed by atoms with van der Waals surface area (Å²) in [4.78, 5) is 15.7. The number of aromatic amines is 1. The lowest BCUT2D eigenvalue weighted by atomic mass is 9.83. The first kappa shape index (κ1) is 26.2. The Hall–Kier alpha value is -3.36. The van der Waals surface area contributed by atoms with E-state index in [0.29, 0.717) is 23.4 Å². The zero-order valence-corrected chi connectivity index (χ0v) is 21.5. The molecule has 3 N–H and O–H groups in total. The van der Waals surface area contributed by atoms with Gasteiger partial charge < -0.3 is 14.8 Å². The number of sulfonamides is 1. The molecule has 3 aromatic rings. The molecule has 0 radical (unpaired) electrons. The second-order valence-corrected chi connectivity index (χ2v) is 11.2. The van der Waals surface area contributed by atoms with E-state index in [-0.39, 0.29) is 17.6 Å². The minimum atomic E-state index is -3.34. The van der Waals surface area contributed by atoms with Crippen molar-refractivity contribution in [2.24, 2.45) is 0 Å². The van der Waals surface area contributed by atoms with Gasteiger partial charge in [0.2, 0.25) is 10.0 Å². The number of aliphatic hydroxyl groups excluding tert-OH is 1. The van der Waals surface area contributed by atoms with Gasteiger partial charge in [-0.3, -0.25) is 9.52 Å². The van der Waals surface area contributed by atoms with Crippen molar-refractivity contribution in [3.05, 3.63) is 81.3 Å². The average molecular weight is 497 g/mol. The van der Waals surface area contributed by atoms with Crippen molar-refractivity contribution in [2.75, 3.05) is 24.7 Å². The van der Waals surface area contributed by atoms with E-state index in [1.807, 2.05) is 42.5 Å². The highest BCUT2D eigenvalue weighted by Crippen LogP contribution is 2.38. The van der Waals surface area contributed by atoms with Gasteiger partial charge >= 0.3 is 0 Å². The quantitative estimate of drug-likeness (QED) is 0.400. The highest BCUT2D eigenvalue weighted by molar-refractivity contribution is 7.92. The standard InChI is InChI=1S/C27H32N2O5S/c1-27(2,3)24-17-20(23-13-12-21(14-15-30)28-26(23)31)16-19(25(24)34-4)9-6-18-7-10-22(11-8-18)29-35(5,32)33/h6-13,16-17,29-30H,14-15H2,1-5H3,(H,28,31)/b9-6+. The first-order valence-electron chi connectivity index (χ1n) is 11.2. The monoisotopic (exact) mass is 496 g/mol. The third-order valence-electron chi connectivity index (χ3n) is 5.46. The summed E-state index contributed by atoms with van der Waals surface area (Å²) in [6.07, 6.45) is 5.33. The summed E-state index contributed by atoms with van der Waals surface area (Å²) < 4.78 is 31.1. The number of ether oxygens (including phenoxy) is 1. The van der Waals surface area contributed by atoms with Crippen LogP contribution < -0.4 is 15.0 Å². The maximum absolute atomic E-state index is 12.8. The molecule has 0 saturated carbocycles. The molecule has 35 heavy (non-hydrogen) atoms. The summed E-state index contributed by atoms with van der Waals surface area (Å²) in [7, 11) is -1.71. The topological polar surface area (TPSA) is 108 Å². The van der Waals surface area contributed by atoms with E-state index in [9.17, 15) is 13.2 Å². The molecule has 1 aromatic heterocycles. The largest absolute Gasteiger partial charge is 0.496 e. The summed E-state index contributed by atoms with van der Waals surface area (Å²) in [5.74, 6) is 0.723. The summed E-state index contributed by atoms with van der Waals surface area (Å²) in [5, 5.41) is 9.16. The van der Waals surface area contributed by atoms with Crippen LogP contribution in [-0.2, 0) is 21.9 Å². The lowest BCUT2D eigenvalue weighted by Crippen LogP contribution is -2.16. The molecular weight excluding hydrogens is 464 g/mol. The summed E-state index contributed by atoms with van der Waals surface area (Å²) in [6.45, 7) is 6.23. The molecule has 0 aliphatic carbocycles. The van der Waals surface area contributed by atoms with Gasteiger partial charge in [-0.05, 0) is 52.9 Å². The SMILES string of the molecule is COc1c(/C=C/c2ccc(NS(C)(=O)=O)cc2)cc(-c2ccc(CCO)[nH]c2=O)cc1C(C)(C)C. The summed E-state index contributed by atoms with van der Waals surface area (Å²) in [6, 6.07) is 14.5. The Morgan fingerprint density at radius 1 is 1.06 bits per heavy atom. The minimum absolute atomic E-state index is 0.0355. The van der Waals surface area contributed by atoms with Crippen LogP contribution in [0.5, 0.6) is 5.75 Å². The lowest BCUT2D eigenvalue weighted by molar-refractivity contribution is 0.298. The number of aromatic nitrogens is 1. The van der Waals surface area contributed by atoms with E-state index in [2.05, 4.69) is 30.5 Å². The highest BCUT2D eigenvalue weighted by atomic mass is 32.2. The molecule has 7 nitrogen and oxygen atoms in total. The van der Waals surface area contributed by atoms with Crippen LogP contribution in [-0.4, -0.2) is 38.5 Å². The normalized spacial score (nSPS) is 12.2. The number of pyridine rings is 1. The Labute approximate surface area is 206 Å². The first-order chi connectivity index (χ1) is 16.4. The van der Waals surface area contributed by atoms with Gasteiger partial charge in [0, 0.05) is 41.1 Å². The van der Waals surface area contributed by atoms with Crippen molar-refractivity contribution >= 4 is 27.9 Å². The van der Waals surface area contributed by atoms with E-state index in [0.717, 1.165) is 34.3 Å². The summed E-state index contributed by atoms with van der Waals surface area (Å²) >= 11 is 0. The van der Waals surface area contributed by atoms with Crippen molar-refractivity contribution in [1.82, 2.24) is 4.98 Å². The predicted octanol–water partition coefficient (Wildman–Crippen LogP) is 4.42. The third-order valence-corrected chi connectivity index (χ3v) is 6.07. The smallest absolute Gasteiger partial charge is 0.256 e. The Morgan fingerprint density at radius 3 is 2.29 bits per heavy atom. The maximum Gasteiger partial charge on any atom is 0.256 e. The number of anilines is 1. The molecule has 0 fully saturated rings. The number of benzene rings is 2. The fourth-order valence-corrected chi connectivity index (χ4v) is 4.35. The van der Waals surface area contributed by atoms with E-state index in [4.69, 9.17) is 9.84 Å². The first-order valence-corrected chi connectivity index (χ1v) is 13.1. The molecule has 0 aliphatic rings. The van der Waals surface area contributed by atoms with Crippen molar-refractivity contribution in [3.8, 4) is 16.9 Å². The van der Waals surface area contributed by atoms with Crippen LogP contribution in [0.15, 0.2) is 53.3 Å². The zero-order chi connectivity index (χ0) is 25.8. The van der Waals surface area contributed by atoms with Gasteiger partial charge in [0.15, 0.2) is 0 Å². The van der Waals surface area contributed by atoms with Gasteiger partial charge in [-0.25, -0.2) is 8.42 Å². The molecule has 3 rings (SSSR count). The molecule has 0 bridgehead atoms. The van der Waals surface area contributed by atoms with Gasteiger partial charge in [-0.15, -0.1) is 0 Å². The molecule has 0 unspecified atom stereocenters. The highest BCUT2D eigenvalue weighted by Gasteiger charge is 2.23. The van der Waals surface area contributed by atoms with E-state index >= 15 is 0 Å². The fraction of sp³-hybridized carbons (Fsp3) is 0.296. The fourth-order valence-electron chi connectivity index (χ4n) is 3.79. The van der Waals surface area contributed by atoms with Gasteiger partial charge in [0.1, 0.15) is 5.75 Å². The second-order valence-electron chi connectivity index (χ2n) is 9.43. The van der Waals surface area contributed by atoms with Crippen molar-refractivity contribution in [3.63, 3.8) is 0 Å². The van der Waals surface area contributed by atoms with E-state index in [1.54, 1.807) is 25.3 Å². The maximum atomic E-state index is 12.8. The van der Waals surface area contributed by atoms with E-state index < -0.39 is 10.0 Å². The molecule has 8 heteroatoms. The van der Waals surface area contributed by atoms with Gasteiger partial charge in [-0.2, -0.15) is 0 Å². The van der Waals surface area contributed by atoms with Crippen LogP contribution in [0.3, 0.4) is 0 Å². The Morgan fingerprint density at radius 2 is 1.74 bits per heavy atom. The molecule has 0 aliphatic heterocycles. The predicted molar refractivity (Wildman–Crippen MR) is 142 cm³/mol. The molecule has 0 amide bonds. The third kappa shape index (κ3) is 6.83. The number of aliphatic hydroxyl groups is 1. The Kier molecular flexibility index (Phi) is 7.87. The van der Waals surface area contributed by atoms with Crippen molar-refractivity contribution < 1.29 is 18.3 Å². The van der Waals surface area contributed by atoms with Crippen LogP contribution in [0.25, 0.3) is 23.3 Å². The van der Waals surface area contributed by atoms with Crippen LogP contribution in [0.4, 0.5) is 5.69 Å². The van der Waals surface area contributed by atoms with Crippen LogP contribution in [0.2, 0.25) is 0 Å². The van der Waals surface area contributed by atoms with Crippen LogP contribution >= 0.6 is 0 Å². The number of nitrogens with one attached hydrogen (secondary N) is 2. The van der Waals surface area contributed by atoms with Gasteiger partial charge in [0.05, 0.1) is 13.4 Å². The second kappa shape index (κ2) is 10.5. The number of hydrogen-bond acceptors (Lipinski definition) is 5.